The second kappa shape index (κ2) is 9.76. The molecule has 3 aromatic carbocycles. The van der Waals surface area contributed by atoms with Crippen LogP contribution in [0.1, 0.15) is 11.1 Å². The number of methoxy groups -OCH3 is 2. The summed E-state index contributed by atoms with van der Waals surface area (Å²) >= 11 is 5.74. The molecule has 0 heterocycles. The molecular formula is C23H24N2O2S. The van der Waals surface area contributed by atoms with Crippen LogP contribution >= 0.6 is 12.2 Å². The fourth-order valence-corrected chi connectivity index (χ4v) is 3.14. The average molecular weight is 393 g/mol. The Morgan fingerprint density at radius 1 is 0.786 bits per heavy atom. The molecule has 144 valence electrons. The predicted molar refractivity (Wildman–Crippen MR) is 118 cm³/mol. The first-order chi connectivity index (χ1) is 13.7. The highest BCUT2D eigenvalue weighted by Crippen LogP contribution is 2.20. The van der Waals surface area contributed by atoms with Crippen LogP contribution in [-0.2, 0) is 13.1 Å². The first-order valence-corrected chi connectivity index (χ1v) is 9.45. The topological polar surface area (TPSA) is 33.7 Å². The van der Waals surface area contributed by atoms with Gasteiger partial charge in [-0.2, -0.15) is 0 Å². The van der Waals surface area contributed by atoms with Crippen molar-refractivity contribution < 1.29 is 9.47 Å². The van der Waals surface area contributed by atoms with Gasteiger partial charge in [0, 0.05) is 24.8 Å². The lowest BCUT2D eigenvalue weighted by atomic mass is 10.1. The zero-order valence-electron chi connectivity index (χ0n) is 16.1. The summed E-state index contributed by atoms with van der Waals surface area (Å²) in [6.07, 6.45) is 0. The maximum absolute atomic E-state index is 5.74. The highest BCUT2D eigenvalue weighted by atomic mass is 32.1. The first-order valence-electron chi connectivity index (χ1n) is 9.05. The van der Waals surface area contributed by atoms with Gasteiger partial charge < -0.3 is 19.7 Å². The van der Waals surface area contributed by atoms with Crippen LogP contribution in [0.3, 0.4) is 0 Å². The molecule has 0 bridgehead atoms. The quantitative estimate of drug-likeness (QED) is 0.566. The monoisotopic (exact) mass is 392 g/mol. The Morgan fingerprint density at radius 3 is 2.11 bits per heavy atom. The Labute approximate surface area is 171 Å². The van der Waals surface area contributed by atoms with Gasteiger partial charge in [-0.05, 0) is 47.6 Å². The summed E-state index contributed by atoms with van der Waals surface area (Å²) in [5.41, 5.74) is 3.22. The van der Waals surface area contributed by atoms with Crippen LogP contribution in [0.5, 0.6) is 11.5 Å². The highest BCUT2D eigenvalue weighted by molar-refractivity contribution is 7.80. The molecule has 0 saturated carbocycles. The molecule has 0 fully saturated rings. The van der Waals surface area contributed by atoms with Crippen LogP contribution in [0.25, 0.3) is 0 Å². The Kier molecular flexibility index (Phi) is 6.87. The lowest BCUT2D eigenvalue weighted by Crippen LogP contribution is -2.33. The van der Waals surface area contributed by atoms with E-state index in [1.807, 2.05) is 60.7 Å². The molecule has 28 heavy (non-hydrogen) atoms. The van der Waals surface area contributed by atoms with Gasteiger partial charge in [0.05, 0.1) is 14.2 Å². The third kappa shape index (κ3) is 5.47. The summed E-state index contributed by atoms with van der Waals surface area (Å²) in [6, 6.07) is 26.1. The molecule has 0 radical (unpaired) electrons. The van der Waals surface area contributed by atoms with Crippen molar-refractivity contribution in [2.24, 2.45) is 0 Å². The fourth-order valence-electron chi connectivity index (χ4n) is 2.90. The Morgan fingerprint density at radius 2 is 1.39 bits per heavy atom. The molecule has 5 heteroatoms. The van der Waals surface area contributed by atoms with Gasteiger partial charge in [-0.25, -0.2) is 0 Å². The summed E-state index contributed by atoms with van der Waals surface area (Å²) in [4.78, 5) is 2.14. The van der Waals surface area contributed by atoms with Gasteiger partial charge in [0.25, 0.3) is 0 Å². The number of thiocarbonyl (C=S) groups is 1. The van der Waals surface area contributed by atoms with Gasteiger partial charge in [0.2, 0.25) is 0 Å². The molecule has 0 spiro atoms. The smallest absolute Gasteiger partial charge is 0.174 e. The molecule has 3 rings (SSSR count). The zero-order valence-corrected chi connectivity index (χ0v) is 16.9. The van der Waals surface area contributed by atoms with Crippen LogP contribution in [0.4, 0.5) is 5.69 Å². The van der Waals surface area contributed by atoms with Crippen LogP contribution in [-0.4, -0.2) is 24.2 Å². The Hall–Kier alpha value is -3.05. The van der Waals surface area contributed by atoms with Crippen molar-refractivity contribution in [1.82, 2.24) is 4.90 Å². The summed E-state index contributed by atoms with van der Waals surface area (Å²) in [7, 11) is 3.33. The Balaban J connectivity index is 1.80. The van der Waals surface area contributed by atoms with E-state index in [1.54, 1.807) is 14.2 Å². The van der Waals surface area contributed by atoms with Crippen molar-refractivity contribution in [3.8, 4) is 11.5 Å². The summed E-state index contributed by atoms with van der Waals surface area (Å²) < 4.78 is 10.7. The van der Waals surface area contributed by atoms with Crippen molar-refractivity contribution in [3.63, 3.8) is 0 Å². The van der Waals surface area contributed by atoms with Crippen LogP contribution < -0.4 is 14.8 Å². The maximum Gasteiger partial charge on any atom is 0.174 e. The normalized spacial score (nSPS) is 10.2. The van der Waals surface area contributed by atoms with E-state index in [0.29, 0.717) is 18.2 Å². The minimum Gasteiger partial charge on any atom is -0.497 e. The van der Waals surface area contributed by atoms with E-state index >= 15 is 0 Å². The number of rotatable bonds is 7. The largest absolute Gasteiger partial charge is 0.497 e. The molecule has 0 aliphatic heterocycles. The van der Waals surface area contributed by atoms with Crippen molar-refractivity contribution >= 4 is 23.0 Å². The lowest BCUT2D eigenvalue weighted by molar-refractivity contribution is 0.402. The SMILES string of the molecule is COc1cccc(CN(Cc2ccccc2)C(=S)Nc2cccc(OC)c2)c1. The van der Waals surface area contributed by atoms with Gasteiger partial charge in [-0.3, -0.25) is 0 Å². The first kappa shape index (κ1) is 19.7. The van der Waals surface area contributed by atoms with E-state index in [1.165, 1.54) is 5.56 Å². The summed E-state index contributed by atoms with van der Waals surface area (Å²) in [6.45, 7) is 1.37. The predicted octanol–water partition coefficient (Wildman–Crippen LogP) is 5.10. The lowest BCUT2D eigenvalue weighted by Gasteiger charge is -2.26. The molecule has 4 nitrogen and oxygen atoms in total. The molecule has 0 aliphatic carbocycles. The fraction of sp³-hybridized carbons (Fsp3) is 0.174. The van der Waals surface area contributed by atoms with Gasteiger partial charge in [0.1, 0.15) is 11.5 Å². The van der Waals surface area contributed by atoms with Gasteiger partial charge in [-0.1, -0.05) is 48.5 Å². The molecule has 0 saturated heterocycles. The van der Waals surface area contributed by atoms with Crippen molar-refractivity contribution in [2.75, 3.05) is 19.5 Å². The molecule has 0 aliphatic rings. The van der Waals surface area contributed by atoms with Crippen molar-refractivity contribution in [3.05, 3.63) is 90.0 Å². The van der Waals surface area contributed by atoms with E-state index in [-0.39, 0.29) is 0 Å². The second-order valence-corrected chi connectivity index (χ2v) is 6.74. The van der Waals surface area contributed by atoms with E-state index in [0.717, 1.165) is 22.7 Å². The number of nitrogens with zero attached hydrogens (tertiary/aromatic N) is 1. The minimum atomic E-state index is 0.653. The molecular weight excluding hydrogens is 368 g/mol. The number of hydrogen-bond acceptors (Lipinski definition) is 3. The number of benzene rings is 3. The number of ether oxygens (including phenoxy) is 2. The van der Waals surface area contributed by atoms with E-state index in [2.05, 4.69) is 28.4 Å². The third-order valence-electron chi connectivity index (χ3n) is 4.33. The van der Waals surface area contributed by atoms with Crippen molar-refractivity contribution in [2.45, 2.75) is 13.1 Å². The zero-order chi connectivity index (χ0) is 19.8. The van der Waals surface area contributed by atoms with Crippen LogP contribution in [0.2, 0.25) is 0 Å². The molecule has 0 atom stereocenters. The van der Waals surface area contributed by atoms with Gasteiger partial charge in [-0.15, -0.1) is 0 Å². The maximum atomic E-state index is 5.74. The molecule has 3 aromatic rings. The number of nitrogens with one attached hydrogen (secondary N) is 1. The second-order valence-electron chi connectivity index (χ2n) is 6.36. The molecule has 0 unspecified atom stereocenters. The van der Waals surface area contributed by atoms with E-state index < -0.39 is 0 Å². The van der Waals surface area contributed by atoms with Crippen LogP contribution in [0.15, 0.2) is 78.9 Å². The molecule has 1 N–H and O–H groups in total. The summed E-state index contributed by atoms with van der Waals surface area (Å²) in [5, 5.41) is 3.98. The van der Waals surface area contributed by atoms with Gasteiger partial charge >= 0.3 is 0 Å². The average Bonchev–Trinajstić information content (AvgIpc) is 2.74. The number of hydrogen-bond donors (Lipinski definition) is 1. The standard InChI is InChI=1S/C23H24N2O2S/c1-26-21-12-6-10-19(14-21)17-25(16-18-8-4-3-5-9-18)23(28)24-20-11-7-13-22(15-20)27-2/h3-15H,16-17H2,1-2H3,(H,24,28). The van der Waals surface area contributed by atoms with Gasteiger partial charge in [0.15, 0.2) is 5.11 Å². The van der Waals surface area contributed by atoms with Crippen molar-refractivity contribution in [1.29, 1.82) is 0 Å². The third-order valence-corrected chi connectivity index (χ3v) is 4.69. The Bertz CT molecular complexity index is 915. The van der Waals surface area contributed by atoms with Crippen LogP contribution in [0, 0.1) is 0 Å². The van der Waals surface area contributed by atoms with E-state index in [9.17, 15) is 0 Å². The summed E-state index contributed by atoms with van der Waals surface area (Å²) in [5.74, 6) is 1.62. The molecule has 0 aromatic heterocycles. The molecule has 0 amide bonds. The highest BCUT2D eigenvalue weighted by Gasteiger charge is 2.12. The number of anilines is 1. The minimum absolute atomic E-state index is 0.653. The van der Waals surface area contributed by atoms with E-state index in [4.69, 9.17) is 21.7 Å².